The Kier molecular flexibility index (Phi) is 8.37. The van der Waals surface area contributed by atoms with E-state index >= 15 is 0 Å². The monoisotopic (exact) mass is 574 g/mol. The highest BCUT2D eigenvalue weighted by molar-refractivity contribution is 7.18. The molecule has 1 aromatic carbocycles. The molecule has 0 spiro atoms. The average Bonchev–Trinajstić information content (AvgIpc) is 3.65. The zero-order chi connectivity index (χ0) is 28.3. The summed E-state index contributed by atoms with van der Waals surface area (Å²) in [6.07, 6.45) is 9.15. The predicted octanol–water partition coefficient (Wildman–Crippen LogP) is 6.29. The van der Waals surface area contributed by atoms with E-state index < -0.39 is 6.23 Å². The van der Waals surface area contributed by atoms with Crippen molar-refractivity contribution >= 4 is 28.6 Å². The van der Waals surface area contributed by atoms with Crippen molar-refractivity contribution in [1.29, 1.82) is 0 Å². The number of aromatic nitrogens is 3. The summed E-state index contributed by atoms with van der Waals surface area (Å²) < 4.78 is 12.6. The van der Waals surface area contributed by atoms with Crippen LogP contribution in [0.15, 0.2) is 54.9 Å². The Morgan fingerprint density at radius 1 is 1.12 bits per heavy atom. The van der Waals surface area contributed by atoms with Gasteiger partial charge in [0.05, 0.1) is 18.5 Å². The van der Waals surface area contributed by atoms with Crippen molar-refractivity contribution in [3.05, 3.63) is 59.7 Å². The summed E-state index contributed by atoms with van der Waals surface area (Å²) in [7, 11) is 1.42. The van der Waals surface area contributed by atoms with E-state index in [1.165, 1.54) is 18.4 Å². The molecule has 8 nitrogen and oxygen atoms in total. The Labute approximate surface area is 244 Å². The molecule has 1 atom stereocenters. The number of fused-ring (bicyclic) bond motifs is 1. The number of ether oxygens (including phenoxy) is 2. The van der Waals surface area contributed by atoms with Crippen molar-refractivity contribution in [2.45, 2.75) is 51.7 Å². The Hall–Kier alpha value is -3.27. The quantitative estimate of drug-likeness (QED) is 0.195. The highest BCUT2D eigenvalue weighted by Crippen LogP contribution is 2.41. The number of aliphatic hydroxyl groups is 1. The van der Waals surface area contributed by atoms with Gasteiger partial charge in [-0.3, -0.25) is 0 Å². The molecule has 1 saturated heterocycles. The zero-order valence-corrected chi connectivity index (χ0v) is 24.6. The van der Waals surface area contributed by atoms with Crippen LogP contribution in [0.3, 0.4) is 0 Å². The van der Waals surface area contributed by atoms with Gasteiger partial charge < -0.3 is 19.5 Å². The van der Waals surface area contributed by atoms with Crippen molar-refractivity contribution < 1.29 is 19.4 Å². The van der Waals surface area contributed by atoms with Crippen LogP contribution in [0.1, 0.15) is 55.1 Å². The van der Waals surface area contributed by atoms with E-state index in [2.05, 4.69) is 40.1 Å². The molecule has 216 valence electrons. The van der Waals surface area contributed by atoms with Gasteiger partial charge in [0.1, 0.15) is 11.1 Å². The van der Waals surface area contributed by atoms with E-state index in [1.54, 1.807) is 10.7 Å². The summed E-state index contributed by atoms with van der Waals surface area (Å²) in [5.74, 6) is 0.903. The van der Waals surface area contributed by atoms with Crippen molar-refractivity contribution in [3.8, 4) is 21.7 Å². The molecule has 9 heteroatoms. The molecule has 2 aliphatic rings. The average molecular weight is 575 g/mol. The molecule has 4 heterocycles. The Bertz CT molecular complexity index is 1440. The van der Waals surface area contributed by atoms with E-state index in [-0.39, 0.29) is 11.9 Å². The molecular formula is C32H38N4O4S. The molecule has 0 amide bonds. The largest absolute Gasteiger partial charge is 0.465 e. The van der Waals surface area contributed by atoms with Crippen LogP contribution in [0.2, 0.25) is 0 Å². The second-order valence-electron chi connectivity index (χ2n) is 11.5. The normalized spacial score (nSPS) is 20.7. The molecule has 41 heavy (non-hydrogen) atoms. The summed E-state index contributed by atoms with van der Waals surface area (Å²) in [5.41, 5.74) is 4.42. The number of thiophene rings is 1. The fraction of sp³-hybridized carbons (Fsp3) is 0.469. The highest BCUT2D eigenvalue weighted by Gasteiger charge is 2.34. The lowest BCUT2D eigenvalue weighted by Crippen LogP contribution is -2.45. The molecule has 2 fully saturated rings. The molecule has 0 radical (unpaired) electrons. The first kappa shape index (κ1) is 27.9. The van der Waals surface area contributed by atoms with Gasteiger partial charge in [0, 0.05) is 54.6 Å². The van der Waals surface area contributed by atoms with Crippen LogP contribution in [-0.4, -0.2) is 58.8 Å². The molecule has 1 aliphatic carbocycles. The van der Waals surface area contributed by atoms with Gasteiger partial charge >= 0.3 is 5.97 Å². The third-order valence-electron chi connectivity index (χ3n) is 8.69. The fourth-order valence-corrected chi connectivity index (χ4v) is 7.24. The van der Waals surface area contributed by atoms with Crippen LogP contribution >= 0.6 is 11.3 Å². The van der Waals surface area contributed by atoms with Gasteiger partial charge in [-0.1, -0.05) is 44.0 Å². The smallest absolute Gasteiger partial charge is 0.350 e. The maximum absolute atomic E-state index is 13.1. The van der Waals surface area contributed by atoms with Gasteiger partial charge in [0.25, 0.3) is 0 Å². The minimum absolute atomic E-state index is 0.180. The van der Waals surface area contributed by atoms with Crippen molar-refractivity contribution in [2.24, 2.45) is 17.8 Å². The van der Waals surface area contributed by atoms with Crippen LogP contribution in [0.5, 0.6) is 0 Å². The first-order valence-electron chi connectivity index (χ1n) is 14.7. The summed E-state index contributed by atoms with van der Waals surface area (Å²) in [6, 6.07) is 14.1. The van der Waals surface area contributed by atoms with Gasteiger partial charge in [0.15, 0.2) is 5.65 Å². The third-order valence-corrected chi connectivity index (χ3v) is 9.84. The lowest BCUT2D eigenvalue weighted by atomic mass is 9.81. The van der Waals surface area contributed by atoms with Gasteiger partial charge in [-0.2, -0.15) is 5.10 Å². The second kappa shape index (κ2) is 12.3. The number of carbonyl (C=O) groups is 1. The molecule has 3 aromatic heterocycles. The molecule has 0 bridgehead atoms. The lowest BCUT2D eigenvalue weighted by Gasteiger charge is -2.40. The molecule has 1 saturated carbocycles. The zero-order valence-electron chi connectivity index (χ0n) is 23.7. The molecule has 1 aliphatic heterocycles. The summed E-state index contributed by atoms with van der Waals surface area (Å²) in [6.45, 7) is 4.46. The van der Waals surface area contributed by atoms with Crippen molar-refractivity contribution in [1.82, 2.24) is 14.6 Å². The summed E-state index contributed by atoms with van der Waals surface area (Å²) in [4.78, 5) is 21.0. The maximum atomic E-state index is 13.1. The Morgan fingerprint density at radius 2 is 1.85 bits per heavy atom. The molecule has 6 rings (SSSR count). The first-order valence-corrected chi connectivity index (χ1v) is 15.5. The standard InChI is InChI=1S/C32H38N4O4S/c1-21-4-6-25(7-5-21)31(37)35(20-22-12-16-40-17-13-22)27-19-28(41-30(27)32(38)39-2)24-10-8-23(9-11-24)26-18-29-33-14-3-15-36(29)34-26/h3,8-11,14-15,18-19,21-22,25,31,37H,4-7,12-13,16-17,20H2,1-2H3. The van der Waals surface area contributed by atoms with E-state index in [4.69, 9.17) is 9.47 Å². The fourth-order valence-electron chi connectivity index (χ4n) is 6.15. The number of anilines is 1. The summed E-state index contributed by atoms with van der Waals surface area (Å²) in [5, 5.41) is 16.5. The molecule has 1 unspecified atom stereocenters. The van der Waals surface area contributed by atoms with Crippen LogP contribution in [0.4, 0.5) is 5.69 Å². The minimum atomic E-state index is -0.651. The number of esters is 1. The van der Waals surface area contributed by atoms with Gasteiger partial charge in [-0.25, -0.2) is 14.3 Å². The number of aliphatic hydroxyl groups excluding tert-OH is 1. The third kappa shape index (κ3) is 6.03. The van der Waals surface area contributed by atoms with E-state index in [0.29, 0.717) is 23.3 Å². The van der Waals surface area contributed by atoms with Crippen LogP contribution < -0.4 is 4.90 Å². The summed E-state index contributed by atoms with van der Waals surface area (Å²) >= 11 is 1.42. The van der Waals surface area contributed by atoms with E-state index in [9.17, 15) is 9.90 Å². The number of hydrogen-bond donors (Lipinski definition) is 1. The molecule has 1 N–H and O–H groups in total. The number of benzene rings is 1. The van der Waals surface area contributed by atoms with Crippen LogP contribution in [0, 0.1) is 17.8 Å². The Balaban J connectivity index is 1.33. The number of hydrogen-bond acceptors (Lipinski definition) is 8. The highest BCUT2D eigenvalue weighted by atomic mass is 32.1. The lowest BCUT2D eigenvalue weighted by molar-refractivity contribution is 0.0479. The second-order valence-corrected chi connectivity index (χ2v) is 12.5. The van der Waals surface area contributed by atoms with Crippen LogP contribution in [-0.2, 0) is 9.47 Å². The maximum Gasteiger partial charge on any atom is 0.350 e. The number of nitrogens with zero attached hydrogens (tertiary/aromatic N) is 4. The van der Waals surface area contributed by atoms with Gasteiger partial charge in [0.2, 0.25) is 0 Å². The first-order chi connectivity index (χ1) is 20.0. The van der Waals surface area contributed by atoms with Crippen molar-refractivity contribution in [2.75, 3.05) is 31.8 Å². The Morgan fingerprint density at radius 3 is 2.56 bits per heavy atom. The van der Waals surface area contributed by atoms with Crippen molar-refractivity contribution in [3.63, 3.8) is 0 Å². The molecule has 4 aromatic rings. The van der Waals surface area contributed by atoms with Crippen LogP contribution in [0.25, 0.3) is 27.3 Å². The van der Waals surface area contributed by atoms with Gasteiger partial charge in [-0.05, 0) is 55.2 Å². The minimum Gasteiger partial charge on any atom is -0.465 e. The SMILES string of the molecule is COC(=O)c1sc(-c2ccc(-c3cc4ncccn4n3)cc2)cc1N(CC1CCOCC1)C(O)C1CCC(C)CC1. The number of rotatable bonds is 8. The van der Waals surface area contributed by atoms with E-state index in [1.807, 2.05) is 30.5 Å². The topological polar surface area (TPSA) is 89.2 Å². The predicted molar refractivity (Wildman–Crippen MR) is 161 cm³/mol. The number of carbonyl (C=O) groups excluding carboxylic acids is 1. The number of methoxy groups -OCH3 is 1. The van der Waals surface area contributed by atoms with Gasteiger partial charge in [-0.15, -0.1) is 11.3 Å². The molecular weight excluding hydrogens is 536 g/mol. The van der Waals surface area contributed by atoms with E-state index in [0.717, 1.165) is 84.8 Å².